The zero-order valence-corrected chi connectivity index (χ0v) is 12.5. The third-order valence-electron chi connectivity index (χ3n) is 4.19. The van der Waals surface area contributed by atoms with Crippen LogP contribution in [-0.4, -0.2) is 56.3 Å². The van der Waals surface area contributed by atoms with Gasteiger partial charge in [0.25, 0.3) is 6.43 Å². The summed E-state index contributed by atoms with van der Waals surface area (Å²) in [4.78, 5) is 1.83. The Bertz CT molecular complexity index is 479. The third-order valence-corrected chi connectivity index (χ3v) is 4.19. The molecule has 0 amide bonds. The Morgan fingerprint density at radius 3 is 2.64 bits per heavy atom. The standard InChI is InChI=1S/C16H22F2N2O2/c17-16(18)10-20-7-5-12(6-8-20)19-9-13-11-21-14-3-1-2-4-15(14)22-13/h1-4,12-13,16,19H,5-11H2/t13-/m1/s1. The highest BCUT2D eigenvalue weighted by Gasteiger charge is 2.24. The maximum atomic E-state index is 12.3. The maximum Gasteiger partial charge on any atom is 0.251 e. The molecule has 22 heavy (non-hydrogen) atoms. The number of nitrogens with one attached hydrogen (secondary N) is 1. The van der Waals surface area contributed by atoms with Gasteiger partial charge < -0.3 is 14.8 Å². The van der Waals surface area contributed by atoms with Crippen LogP contribution in [0.15, 0.2) is 24.3 Å². The highest BCUT2D eigenvalue weighted by molar-refractivity contribution is 5.40. The highest BCUT2D eigenvalue weighted by Crippen LogP contribution is 2.30. The predicted molar refractivity (Wildman–Crippen MR) is 79.8 cm³/mol. The molecule has 0 saturated carbocycles. The Kier molecular flexibility index (Phi) is 5.10. The lowest BCUT2D eigenvalue weighted by molar-refractivity contribution is 0.0662. The van der Waals surface area contributed by atoms with Crippen molar-refractivity contribution < 1.29 is 18.3 Å². The SMILES string of the molecule is FC(F)CN1CCC(NC[C@@H]2COc3ccccc3O2)CC1. The van der Waals surface area contributed by atoms with Gasteiger partial charge in [0.15, 0.2) is 11.5 Å². The zero-order chi connectivity index (χ0) is 15.4. The summed E-state index contributed by atoms with van der Waals surface area (Å²) in [5, 5.41) is 3.48. The van der Waals surface area contributed by atoms with E-state index in [2.05, 4.69) is 5.32 Å². The average molecular weight is 312 g/mol. The van der Waals surface area contributed by atoms with E-state index in [9.17, 15) is 8.78 Å². The second-order valence-electron chi connectivity index (χ2n) is 5.87. The molecule has 6 heteroatoms. The number of alkyl halides is 2. The number of fused-ring (bicyclic) bond motifs is 1. The lowest BCUT2D eigenvalue weighted by Crippen LogP contribution is -2.47. The van der Waals surface area contributed by atoms with Crippen LogP contribution >= 0.6 is 0 Å². The molecule has 2 heterocycles. The number of benzene rings is 1. The Morgan fingerprint density at radius 2 is 1.91 bits per heavy atom. The number of halogens is 2. The van der Waals surface area contributed by atoms with E-state index in [1.54, 1.807) is 0 Å². The number of hydrogen-bond donors (Lipinski definition) is 1. The third kappa shape index (κ3) is 4.08. The van der Waals surface area contributed by atoms with E-state index in [0.717, 1.165) is 37.4 Å². The number of hydrogen-bond acceptors (Lipinski definition) is 4. The number of ether oxygens (including phenoxy) is 2. The van der Waals surface area contributed by atoms with Gasteiger partial charge in [-0.05, 0) is 38.1 Å². The first-order chi connectivity index (χ1) is 10.7. The van der Waals surface area contributed by atoms with Crippen LogP contribution in [0.25, 0.3) is 0 Å². The van der Waals surface area contributed by atoms with Gasteiger partial charge >= 0.3 is 0 Å². The molecule has 4 nitrogen and oxygen atoms in total. The minimum Gasteiger partial charge on any atom is -0.486 e. The molecular weight excluding hydrogens is 290 g/mol. The van der Waals surface area contributed by atoms with Crippen molar-refractivity contribution in [2.24, 2.45) is 0 Å². The molecule has 1 aromatic rings. The average Bonchev–Trinajstić information content (AvgIpc) is 2.53. The molecule has 0 bridgehead atoms. The van der Waals surface area contributed by atoms with Gasteiger partial charge in [0.2, 0.25) is 0 Å². The van der Waals surface area contributed by atoms with Crippen molar-refractivity contribution in [3.63, 3.8) is 0 Å². The first-order valence-corrected chi connectivity index (χ1v) is 7.83. The molecule has 2 aliphatic rings. The topological polar surface area (TPSA) is 33.7 Å². The van der Waals surface area contributed by atoms with Crippen LogP contribution in [0.2, 0.25) is 0 Å². The van der Waals surface area contributed by atoms with Crippen LogP contribution in [0, 0.1) is 0 Å². The summed E-state index contributed by atoms with van der Waals surface area (Å²) >= 11 is 0. The van der Waals surface area contributed by atoms with E-state index in [1.807, 2.05) is 29.2 Å². The fourth-order valence-electron chi connectivity index (χ4n) is 2.98. The van der Waals surface area contributed by atoms with Crippen LogP contribution in [0.3, 0.4) is 0 Å². The predicted octanol–water partition coefficient (Wildman–Crippen LogP) is 2.15. The normalized spacial score (nSPS) is 23.0. The van der Waals surface area contributed by atoms with E-state index < -0.39 is 6.43 Å². The number of piperidine rings is 1. The zero-order valence-electron chi connectivity index (χ0n) is 12.5. The molecule has 1 N–H and O–H groups in total. The number of likely N-dealkylation sites (tertiary alicyclic amines) is 1. The Hall–Kier alpha value is -1.40. The largest absolute Gasteiger partial charge is 0.486 e. The molecule has 0 radical (unpaired) electrons. The lowest BCUT2D eigenvalue weighted by Gasteiger charge is -2.33. The fourth-order valence-corrected chi connectivity index (χ4v) is 2.98. The minimum absolute atomic E-state index is 0.00556. The summed E-state index contributed by atoms with van der Waals surface area (Å²) in [7, 11) is 0. The van der Waals surface area contributed by atoms with Crippen molar-refractivity contribution in [1.29, 1.82) is 0 Å². The van der Waals surface area contributed by atoms with E-state index in [-0.39, 0.29) is 12.6 Å². The van der Waals surface area contributed by atoms with E-state index >= 15 is 0 Å². The molecule has 0 unspecified atom stereocenters. The highest BCUT2D eigenvalue weighted by atomic mass is 19.3. The molecule has 1 fully saturated rings. The first kappa shape index (κ1) is 15.5. The molecule has 0 aromatic heterocycles. The fraction of sp³-hybridized carbons (Fsp3) is 0.625. The van der Waals surface area contributed by atoms with Gasteiger partial charge in [0.1, 0.15) is 12.7 Å². The van der Waals surface area contributed by atoms with Crippen molar-refractivity contribution >= 4 is 0 Å². The molecule has 1 aromatic carbocycles. The molecule has 2 aliphatic heterocycles. The summed E-state index contributed by atoms with van der Waals surface area (Å²) in [6.45, 7) is 2.60. The second-order valence-corrected chi connectivity index (χ2v) is 5.87. The smallest absolute Gasteiger partial charge is 0.251 e. The number of rotatable bonds is 5. The summed E-state index contributed by atoms with van der Waals surface area (Å²) in [5.74, 6) is 1.58. The van der Waals surface area contributed by atoms with E-state index in [0.29, 0.717) is 19.2 Å². The van der Waals surface area contributed by atoms with Crippen molar-refractivity contribution in [2.45, 2.75) is 31.4 Å². The minimum atomic E-state index is -2.24. The summed E-state index contributed by atoms with van der Waals surface area (Å²) in [6.07, 6.45) is -0.445. The van der Waals surface area contributed by atoms with Crippen molar-refractivity contribution in [1.82, 2.24) is 10.2 Å². The molecule has 1 atom stereocenters. The Balaban J connectivity index is 1.39. The Labute approximate surface area is 129 Å². The van der Waals surface area contributed by atoms with Gasteiger partial charge in [-0.15, -0.1) is 0 Å². The van der Waals surface area contributed by atoms with Gasteiger partial charge in [-0.1, -0.05) is 12.1 Å². The summed E-state index contributed by atoms with van der Waals surface area (Å²) in [6, 6.07) is 8.03. The van der Waals surface area contributed by atoms with Crippen LogP contribution in [0.5, 0.6) is 11.5 Å². The van der Waals surface area contributed by atoms with Crippen LogP contribution in [-0.2, 0) is 0 Å². The van der Waals surface area contributed by atoms with Crippen molar-refractivity contribution in [3.8, 4) is 11.5 Å². The molecule has 3 rings (SSSR count). The summed E-state index contributed by atoms with van der Waals surface area (Å²) in [5.41, 5.74) is 0. The van der Waals surface area contributed by atoms with Gasteiger partial charge in [-0.25, -0.2) is 8.78 Å². The first-order valence-electron chi connectivity index (χ1n) is 7.83. The van der Waals surface area contributed by atoms with Gasteiger partial charge in [-0.3, -0.25) is 4.90 Å². The second kappa shape index (κ2) is 7.24. The van der Waals surface area contributed by atoms with Gasteiger partial charge in [-0.2, -0.15) is 0 Å². The molecule has 0 aliphatic carbocycles. The van der Waals surface area contributed by atoms with Gasteiger partial charge in [0.05, 0.1) is 6.54 Å². The van der Waals surface area contributed by atoms with E-state index in [4.69, 9.17) is 9.47 Å². The summed E-state index contributed by atoms with van der Waals surface area (Å²) < 4.78 is 36.3. The molecular formula is C16H22F2N2O2. The van der Waals surface area contributed by atoms with Crippen molar-refractivity contribution in [3.05, 3.63) is 24.3 Å². The van der Waals surface area contributed by atoms with Crippen LogP contribution in [0.1, 0.15) is 12.8 Å². The van der Waals surface area contributed by atoms with Crippen LogP contribution < -0.4 is 14.8 Å². The molecule has 0 spiro atoms. The molecule has 122 valence electrons. The van der Waals surface area contributed by atoms with Gasteiger partial charge in [0, 0.05) is 12.6 Å². The van der Waals surface area contributed by atoms with Crippen molar-refractivity contribution in [2.75, 3.05) is 32.8 Å². The quantitative estimate of drug-likeness (QED) is 0.903. The lowest BCUT2D eigenvalue weighted by atomic mass is 10.0. The molecule has 1 saturated heterocycles. The van der Waals surface area contributed by atoms with E-state index in [1.165, 1.54) is 0 Å². The Morgan fingerprint density at radius 1 is 1.18 bits per heavy atom. The monoisotopic (exact) mass is 312 g/mol. The maximum absolute atomic E-state index is 12.3. The number of para-hydroxylation sites is 2. The number of nitrogens with zero attached hydrogens (tertiary/aromatic N) is 1. The van der Waals surface area contributed by atoms with Crippen LogP contribution in [0.4, 0.5) is 8.78 Å².